The van der Waals surface area contributed by atoms with Gasteiger partial charge in [-0.1, -0.05) is 6.07 Å². The summed E-state index contributed by atoms with van der Waals surface area (Å²) >= 11 is 1.54. The summed E-state index contributed by atoms with van der Waals surface area (Å²) in [4.78, 5) is 30.2. The van der Waals surface area contributed by atoms with Gasteiger partial charge in [0.1, 0.15) is 17.6 Å². The molecule has 150 valence electrons. The maximum Gasteiger partial charge on any atom is 0.267 e. The summed E-state index contributed by atoms with van der Waals surface area (Å²) in [5.74, 6) is -0.388. The second kappa shape index (κ2) is 8.16. The minimum absolute atomic E-state index is 0.123. The van der Waals surface area contributed by atoms with E-state index in [1.54, 1.807) is 30.0 Å². The number of amides is 1. The van der Waals surface area contributed by atoms with Crippen LogP contribution in [0.2, 0.25) is 0 Å². The lowest BCUT2D eigenvalue weighted by Crippen LogP contribution is -2.51. The molecule has 0 radical (unpaired) electrons. The first-order valence-electron chi connectivity index (χ1n) is 9.46. The number of carbonyl (C=O) groups excluding carboxylic acids is 1. The second-order valence-corrected chi connectivity index (χ2v) is 7.89. The highest BCUT2D eigenvalue weighted by Gasteiger charge is 2.27. The van der Waals surface area contributed by atoms with Crippen LogP contribution < -0.4 is 10.5 Å². The summed E-state index contributed by atoms with van der Waals surface area (Å²) in [5.41, 5.74) is 1.32. The van der Waals surface area contributed by atoms with Crippen LogP contribution in [0.5, 0.6) is 0 Å². The van der Waals surface area contributed by atoms with E-state index < -0.39 is 6.04 Å². The van der Waals surface area contributed by atoms with E-state index in [0.717, 1.165) is 10.6 Å². The summed E-state index contributed by atoms with van der Waals surface area (Å²) < 4.78 is 14.4. The number of anilines is 1. The first-order valence-corrected chi connectivity index (χ1v) is 10.3. The summed E-state index contributed by atoms with van der Waals surface area (Å²) in [6.45, 7) is 4.10. The molecule has 29 heavy (non-hydrogen) atoms. The van der Waals surface area contributed by atoms with Gasteiger partial charge in [0.25, 0.3) is 5.56 Å². The lowest BCUT2D eigenvalue weighted by atomic mass is 10.2. The predicted molar refractivity (Wildman–Crippen MR) is 112 cm³/mol. The number of hydrogen-bond donors (Lipinski definition) is 0. The third-order valence-electron chi connectivity index (χ3n) is 5.11. The zero-order chi connectivity index (χ0) is 20.4. The van der Waals surface area contributed by atoms with E-state index in [9.17, 15) is 14.0 Å². The topological polar surface area (TPSA) is 58.4 Å². The van der Waals surface area contributed by atoms with Crippen LogP contribution in [0.1, 0.15) is 13.0 Å². The average molecular weight is 412 g/mol. The molecule has 2 aromatic heterocycles. The Balaban J connectivity index is 1.46. The number of rotatable bonds is 4. The number of piperazine rings is 1. The molecule has 3 aromatic rings. The standard InChI is InChI=1S/C21H21FN4O2S/c1-15(26-20(27)9-8-18(23-26)19-3-2-14-29-19)21(28)25-12-10-24(11-13-25)17-6-4-16(22)5-7-17/h2-9,14-15H,10-13H2,1H3. The Morgan fingerprint density at radius 3 is 2.45 bits per heavy atom. The van der Waals surface area contributed by atoms with Gasteiger partial charge in [0.2, 0.25) is 5.91 Å². The van der Waals surface area contributed by atoms with Gasteiger partial charge in [-0.2, -0.15) is 5.10 Å². The Bertz CT molecular complexity index is 1040. The molecule has 1 fully saturated rings. The van der Waals surface area contributed by atoms with Gasteiger partial charge in [0.15, 0.2) is 0 Å². The number of hydrogen-bond acceptors (Lipinski definition) is 5. The number of halogens is 1. The molecule has 1 saturated heterocycles. The van der Waals surface area contributed by atoms with Gasteiger partial charge in [0.05, 0.1) is 4.88 Å². The molecule has 1 atom stereocenters. The van der Waals surface area contributed by atoms with Crippen molar-refractivity contribution in [3.05, 3.63) is 70.1 Å². The zero-order valence-corrected chi connectivity index (χ0v) is 16.8. The second-order valence-electron chi connectivity index (χ2n) is 6.94. The molecule has 1 amide bonds. The van der Waals surface area contributed by atoms with Crippen LogP contribution >= 0.6 is 11.3 Å². The minimum atomic E-state index is -0.681. The lowest BCUT2D eigenvalue weighted by molar-refractivity contribution is -0.135. The van der Waals surface area contributed by atoms with Crippen LogP contribution in [0.3, 0.4) is 0 Å². The fourth-order valence-electron chi connectivity index (χ4n) is 3.46. The molecule has 1 unspecified atom stereocenters. The van der Waals surface area contributed by atoms with Crippen molar-refractivity contribution >= 4 is 22.9 Å². The fraction of sp³-hybridized carbons (Fsp3) is 0.286. The summed E-state index contributed by atoms with van der Waals surface area (Å²) in [5, 5.41) is 6.37. The fourth-order valence-corrected chi connectivity index (χ4v) is 4.15. The lowest BCUT2D eigenvalue weighted by Gasteiger charge is -2.37. The maximum atomic E-state index is 13.1. The highest BCUT2D eigenvalue weighted by molar-refractivity contribution is 7.13. The number of nitrogens with zero attached hydrogens (tertiary/aromatic N) is 4. The molecular formula is C21H21FN4O2S. The predicted octanol–water partition coefficient (Wildman–Crippen LogP) is 3.02. The third-order valence-corrected chi connectivity index (χ3v) is 6.00. The molecule has 0 bridgehead atoms. The quantitative estimate of drug-likeness (QED) is 0.661. The smallest absolute Gasteiger partial charge is 0.267 e. The van der Waals surface area contributed by atoms with Crippen molar-refractivity contribution in [2.24, 2.45) is 0 Å². The summed E-state index contributed by atoms with van der Waals surface area (Å²) in [6.07, 6.45) is 0. The van der Waals surface area contributed by atoms with Crippen LogP contribution in [0, 0.1) is 5.82 Å². The van der Waals surface area contributed by atoms with Crippen molar-refractivity contribution in [3.8, 4) is 10.6 Å². The van der Waals surface area contributed by atoms with Gasteiger partial charge < -0.3 is 9.80 Å². The van der Waals surface area contributed by atoms with Crippen molar-refractivity contribution < 1.29 is 9.18 Å². The van der Waals surface area contributed by atoms with Crippen LogP contribution in [0.25, 0.3) is 10.6 Å². The van der Waals surface area contributed by atoms with E-state index in [-0.39, 0.29) is 17.3 Å². The van der Waals surface area contributed by atoms with Crippen molar-refractivity contribution in [3.63, 3.8) is 0 Å². The highest BCUT2D eigenvalue weighted by Crippen LogP contribution is 2.22. The number of thiophene rings is 1. The van der Waals surface area contributed by atoms with Crippen molar-refractivity contribution in [1.82, 2.24) is 14.7 Å². The van der Waals surface area contributed by atoms with Gasteiger partial charge >= 0.3 is 0 Å². The minimum Gasteiger partial charge on any atom is -0.368 e. The number of aromatic nitrogens is 2. The van der Waals surface area contributed by atoms with Crippen molar-refractivity contribution in [2.75, 3.05) is 31.1 Å². The molecule has 8 heteroatoms. The average Bonchev–Trinajstić information content (AvgIpc) is 3.29. The van der Waals surface area contributed by atoms with E-state index in [1.807, 2.05) is 17.5 Å². The van der Waals surface area contributed by atoms with Gasteiger partial charge in [0, 0.05) is 37.9 Å². The molecule has 0 aliphatic carbocycles. The Morgan fingerprint density at radius 2 is 1.79 bits per heavy atom. The Morgan fingerprint density at radius 1 is 1.07 bits per heavy atom. The Labute approximate surface area is 171 Å². The van der Waals surface area contributed by atoms with Gasteiger partial charge in [-0.3, -0.25) is 9.59 Å². The molecule has 4 rings (SSSR count). The highest BCUT2D eigenvalue weighted by atomic mass is 32.1. The molecule has 3 heterocycles. The molecule has 1 aromatic carbocycles. The molecule has 1 aliphatic rings. The molecule has 0 N–H and O–H groups in total. The van der Waals surface area contributed by atoms with Crippen molar-refractivity contribution in [2.45, 2.75) is 13.0 Å². The largest absolute Gasteiger partial charge is 0.368 e. The molecule has 6 nitrogen and oxygen atoms in total. The number of carbonyl (C=O) groups is 1. The summed E-state index contributed by atoms with van der Waals surface area (Å²) in [7, 11) is 0. The Hall–Kier alpha value is -3.00. The monoisotopic (exact) mass is 412 g/mol. The summed E-state index contributed by atoms with van der Waals surface area (Å²) in [6, 6.07) is 12.7. The van der Waals surface area contributed by atoms with E-state index in [1.165, 1.54) is 34.2 Å². The molecule has 0 saturated carbocycles. The van der Waals surface area contributed by atoms with Gasteiger partial charge in [-0.15, -0.1) is 11.3 Å². The van der Waals surface area contributed by atoms with Gasteiger partial charge in [-0.05, 0) is 48.7 Å². The Kier molecular flexibility index (Phi) is 5.44. The first kappa shape index (κ1) is 19.3. The van der Waals surface area contributed by atoms with Crippen LogP contribution in [0.15, 0.2) is 58.7 Å². The maximum absolute atomic E-state index is 13.1. The number of benzene rings is 1. The third kappa shape index (κ3) is 4.07. The SMILES string of the molecule is CC(C(=O)N1CCN(c2ccc(F)cc2)CC1)n1nc(-c2cccs2)ccc1=O. The molecule has 1 aliphatic heterocycles. The van der Waals surface area contributed by atoms with E-state index in [4.69, 9.17) is 0 Å². The molecule has 0 spiro atoms. The van der Waals surface area contributed by atoms with E-state index in [2.05, 4.69) is 10.00 Å². The van der Waals surface area contributed by atoms with Crippen molar-refractivity contribution in [1.29, 1.82) is 0 Å². The first-order chi connectivity index (χ1) is 14.0. The van der Waals surface area contributed by atoms with Gasteiger partial charge in [-0.25, -0.2) is 9.07 Å². The van der Waals surface area contributed by atoms with Crippen LogP contribution in [0.4, 0.5) is 10.1 Å². The normalized spacial score (nSPS) is 15.4. The van der Waals surface area contributed by atoms with E-state index in [0.29, 0.717) is 31.9 Å². The molecular weight excluding hydrogens is 391 g/mol. The van der Waals surface area contributed by atoms with E-state index >= 15 is 0 Å². The van der Waals surface area contributed by atoms with Crippen LogP contribution in [-0.2, 0) is 4.79 Å². The zero-order valence-electron chi connectivity index (χ0n) is 16.0. The van der Waals surface area contributed by atoms with Crippen LogP contribution in [-0.4, -0.2) is 46.8 Å².